The molecule has 146 valence electrons. The van der Waals surface area contributed by atoms with Crippen LogP contribution < -0.4 is 0 Å². The second-order valence-electron chi connectivity index (χ2n) is 6.08. The van der Waals surface area contributed by atoms with E-state index in [0.29, 0.717) is 22.7 Å². The van der Waals surface area contributed by atoms with E-state index in [1.165, 1.54) is 0 Å². The first-order valence-corrected chi connectivity index (χ1v) is 11.1. The summed E-state index contributed by atoms with van der Waals surface area (Å²) in [5.41, 5.74) is 3.82. The van der Waals surface area contributed by atoms with Gasteiger partial charge < -0.3 is 8.75 Å². The zero-order valence-electron chi connectivity index (χ0n) is 15.1. The molecule has 5 nitrogen and oxygen atoms in total. The van der Waals surface area contributed by atoms with E-state index in [1.54, 1.807) is 19.1 Å². The minimum Gasteiger partial charge on any atom is -0.329 e. The Morgan fingerprint density at radius 3 is 2.21 bits per heavy atom. The van der Waals surface area contributed by atoms with Crippen molar-refractivity contribution < 1.29 is 17.4 Å². The molecule has 0 amide bonds. The predicted octanol–water partition coefficient (Wildman–Crippen LogP) is 5.31. The number of rotatable bonds is 5. The highest BCUT2D eigenvalue weighted by Crippen LogP contribution is 2.36. The number of nitrogens with zero attached hydrogens (tertiary/aromatic N) is 1. The average Bonchev–Trinajstić information content (AvgIpc) is 2.94. The van der Waals surface area contributed by atoms with Crippen LogP contribution >= 0.6 is 22.3 Å². The Balaban J connectivity index is 2.34. The lowest BCUT2D eigenvalue weighted by Crippen LogP contribution is -2.11. The first kappa shape index (κ1) is 20.5. The maximum Gasteiger partial charge on any atom is 0.404 e. The summed E-state index contributed by atoms with van der Waals surface area (Å²) in [6, 6.07) is 16.7. The quantitative estimate of drug-likeness (QED) is 0.507. The SMILES string of the molecule is CCc1c(C(=O)OS(=O)(=O)Cl)c(C)n(-c2ccccc2)c1-c1ccc(Cl)cc1. The zero-order chi connectivity index (χ0) is 20.5. The molecule has 2 aromatic carbocycles. The van der Waals surface area contributed by atoms with Crippen LogP contribution in [0, 0.1) is 6.92 Å². The summed E-state index contributed by atoms with van der Waals surface area (Å²) in [5, 5.41) is 0.587. The van der Waals surface area contributed by atoms with E-state index in [2.05, 4.69) is 4.18 Å². The van der Waals surface area contributed by atoms with Crippen molar-refractivity contribution in [2.24, 2.45) is 0 Å². The van der Waals surface area contributed by atoms with Gasteiger partial charge in [0.15, 0.2) is 0 Å². The fraction of sp³-hybridized carbons (Fsp3) is 0.150. The second kappa shape index (κ2) is 7.99. The van der Waals surface area contributed by atoms with Gasteiger partial charge in [0.25, 0.3) is 0 Å². The Kier molecular flexibility index (Phi) is 5.84. The molecule has 0 saturated heterocycles. The number of carbonyl (C=O) groups is 1. The molecule has 0 radical (unpaired) electrons. The lowest BCUT2D eigenvalue weighted by atomic mass is 10.0. The van der Waals surface area contributed by atoms with E-state index in [1.807, 2.05) is 54.0 Å². The zero-order valence-corrected chi connectivity index (χ0v) is 17.5. The van der Waals surface area contributed by atoms with Crippen molar-refractivity contribution in [3.63, 3.8) is 0 Å². The fourth-order valence-corrected chi connectivity index (χ4v) is 3.87. The Morgan fingerprint density at radius 1 is 1.07 bits per heavy atom. The van der Waals surface area contributed by atoms with E-state index in [4.69, 9.17) is 22.3 Å². The molecule has 0 spiro atoms. The normalized spacial score (nSPS) is 11.4. The largest absolute Gasteiger partial charge is 0.404 e. The van der Waals surface area contributed by atoms with E-state index in [9.17, 15) is 13.2 Å². The summed E-state index contributed by atoms with van der Waals surface area (Å²) >= 11 is 6.03. The van der Waals surface area contributed by atoms with Gasteiger partial charge in [0.1, 0.15) is 0 Å². The van der Waals surface area contributed by atoms with Gasteiger partial charge in [-0.15, -0.1) is 0 Å². The van der Waals surface area contributed by atoms with Crippen molar-refractivity contribution in [1.29, 1.82) is 0 Å². The molecule has 0 bridgehead atoms. The van der Waals surface area contributed by atoms with E-state index in [0.717, 1.165) is 16.9 Å². The van der Waals surface area contributed by atoms with Crippen LogP contribution in [0.5, 0.6) is 0 Å². The van der Waals surface area contributed by atoms with Crippen LogP contribution in [0.3, 0.4) is 0 Å². The molecule has 1 heterocycles. The Bertz CT molecular complexity index is 1120. The van der Waals surface area contributed by atoms with Crippen molar-refractivity contribution in [3.8, 4) is 16.9 Å². The third-order valence-electron chi connectivity index (χ3n) is 4.37. The highest BCUT2D eigenvalue weighted by Gasteiger charge is 2.29. The van der Waals surface area contributed by atoms with Gasteiger partial charge in [-0.05, 0) is 48.7 Å². The highest BCUT2D eigenvalue weighted by atomic mass is 35.7. The number of hydrogen-bond acceptors (Lipinski definition) is 4. The number of benzene rings is 2. The smallest absolute Gasteiger partial charge is 0.329 e. The number of aromatic nitrogens is 1. The maximum absolute atomic E-state index is 12.6. The molecular weight excluding hydrogens is 421 g/mol. The third kappa shape index (κ3) is 4.09. The molecular formula is C20H17Cl2NO4S. The summed E-state index contributed by atoms with van der Waals surface area (Å²) in [6.07, 6.45) is 0.478. The van der Waals surface area contributed by atoms with Gasteiger partial charge >= 0.3 is 15.3 Å². The van der Waals surface area contributed by atoms with Crippen molar-refractivity contribution in [3.05, 3.63) is 76.4 Å². The molecule has 8 heteroatoms. The lowest BCUT2D eigenvalue weighted by molar-refractivity contribution is 0.0750. The molecule has 0 unspecified atom stereocenters. The third-order valence-corrected chi connectivity index (χ3v) is 5.16. The predicted molar refractivity (Wildman–Crippen MR) is 111 cm³/mol. The van der Waals surface area contributed by atoms with Gasteiger partial charge in [0.2, 0.25) is 0 Å². The van der Waals surface area contributed by atoms with Crippen molar-refractivity contribution in [1.82, 2.24) is 4.57 Å². The topological polar surface area (TPSA) is 65.4 Å². The van der Waals surface area contributed by atoms with Gasteiger partial charge in [0.05, 0.1) is 21.9 Å². The molecule has 3 aromatic rings. The Labute approximate surface area is 173 Å². The minimum atomic E-state index is -4.46. The van der Waals surface area contributed by atoms with E-state index in [-0.39, 0.29) is 5.56 Å². The van der Waals surface area contributed by atoms with Crippen LogP contribution in [0.1, 0.15) is 28.5 Å². The maximum atomic E-state index is 12.6. The molecule has 0 saturated carbocycles. The number of carbonyl (C=O) groups excluding carboxylic acids is 1. The van der Waals surface area contributed by atoms with Gasteiger partial charge in [0, 0.05) is 16.4 Å². The summed E-state index contributed by atoms with van der Waals surface area (Å²) in [6.45, 7) is 3.62. The van der Waals surface area contributed by atoms with Crippen LogP contribution in [-0.4, -0.2) is 19.0 Å². The Hall–Kier alpha value is -2.28. The van der Waals surface area contributed by atoms with Crippen LogP contribution in [0.25, 0.3) is 16.9 Å². The molecule has 0 fully saturated rings. The molecule has 3 rings (SSSR count). The summed E-state index contributed by atoms with van der Waals surface area (Å²) < 4.78 is 29.0. The lowest BCUT2D eigenvalue weighted by Gasteiger charge is -2.13. The molecule has 0 aliphatic heterocycles. The first-order valence-electron chi connectivity index (χ1n) is 8.47. The van der Waals surface area contributed by atoms with Gasteiger partial charge in [-0.1, -0.05) is 48.9 Å². The van der Waals surface area contributed by atoms with Crippen molar-refractivity contribution in [2.75, 3.05) is 0 Å². The van der Waals surface area contributed by atoms with Crippen LogP contribution in [-0.2, 0) is 19.9 Å². The average molecular weight is 438 g/mol. The summed E-state index contributed by atoms with van der Waals surface area (Å²) in [7, 11) is 0.676. The monoisotopic (exact) mass is 437 g/mol. The van der Waals surface area contributed by atoms with Gasteiger partial charge in [-0.2, -0.15) is 8.42 Å². The van der Waals surface area contributed by atoms with Crippen molar-refractivity contribution >= 4 is 37.6 Å². The summed E-state index contributed by atoms with van der Waals surface area (Å²) in [4.78, 5) is 12.6. The number of halogens is 2. The van der Waals surface area contributed by atoms with Crippen molar-refractivity contribution in [2.45, 2.75) is 20.3 Å². The van der Waals surface area contributed by atoms with E-state index >= 15 is 0 Å². The van der Waals surface area contributed by atoms with E-state index < -0.39 is 15.3 Å². The standard InChI is InChI=1S/C20H17Cl2NO4S/c1-3-17-18(20(24)27-28(22,25)26)13(2)23(16-7-5-4-6-8-16)19(17)14-9-11-15(21)12-10-14/h4-12H,3H2,1-2H3. The molecule has 0 aliphatic rings. The molecule has 1 aromatic heterocycles. The molecule has 0 atom stereocenters. The highest BCUT2D eigenvalue weighted by molar-refractivity contribution is 8.10. The van der Waals surface area contributed by atoms with Crippen LogP contribution in [0.4, 0.5) is 0 Å². The molecule has 0 N–H and O–H groups in total. The first-order chi connectivity index (χ1) is 13.2. The fourth-order valence-electron chi connectivity index (χ4n) is 3.31. The van der Waals surface area contributed by atoms with Crippen LogP contribution in [0.2, 0.25) is 5.02 Å². The van der Waals surface area contributed by atoms with Crippen LogP contribution in [0.15, 0.2) is 54.6 Å². The molecule has 0 aliphatic carbocycles. The van der Waals surface area contributed by atoms with Gasteiger partial charge in [-0.3, -0.25) is 0 Å². The summed E-state index contributed by atoms with van der Waals surface area (Å²) in [5.74, 6) is -1.01. The van der Waals surface area contributed by atoms with Gasteiger partial charge in [-0.25, -0.2) is 4.79 Å². The Morgan fingerprint density at radius 2 is 1.68 bits per heavy atom. The minimum absolute atomic E-state index is 0.181. The number of para-hydroxylation sites is 1. The number of hydrogen-bond donors (Lipinski definition) is 0. The second-order valence-corrected chi connectivity index (χ2v) is 8.61. The molecule has 28 heavy (non-hydrogen) atoms.